The van der Waals surface area contributed by atoms with E-state index in [1.807, 2.05) is 0 Å². The van der Waals surface area contributed by atoms with Crippen molar-refractivity contribution in [2.24, 2.45) is 52.1 Å². The van der Waals surface area contributed by atoms with Gasteiger partial charge in [-0.3, -0.25) is 0 Å². The molecule has 0 amide bonds. The van der Waals surface area contributed by atoms with Gasteiger partial charge in [-0.1, -0.05) is 74.1 Å². The maximum absolute atomic E-state index is 7.34. The van der Waals surface area contributed by atoms with Gasteiger partial charge in [0, 0.05) is 5.54 Å². The third-order valence-corrected chi connectivity index (χ3v) is 10.9. The summed E-state index contributed by atoms with van der Waals surface area (Å²) < 4.78 is 0. The second-order valence-corrected chi connectivity index (χ2v) is 12.2. The van der Waals surface area contributed by atoms with Gasteiger partial charge in [-0.25, -0.2) is 0 Å². The highest BCUT2D eigenvalue weighted by molar-refractivity contribution is 5.13. The Balaban J connectivity index is 1.89. The van der Waals surface area contributed by atoms with Crippen LogP contribution < -0.4 is 5.73 Å². The Bertz CT molecular complexity index is 528. The Morgan fingerprint density at radius 2 is 1.64 bits per heavy atom. The van der Waals surface area contributed by atoms with Crippen molar-refractivity contribution in [2.75, 3.05) is 0 Å². The van der Waals surface area contributed by atoms with Crippen molar-refractivity contribution in [2.45, 2.75) is 125 Å². The predicted molar refractivity (Wildman–Crippen MR) is 123 cm³/mol. The van der Waals surface area contributed by atoms with Gasteiger partial charge in [-0.05, 0) is 91.3 Å². The standard InChI is InChI=1S/C27H51N/c1-8-10-11-22-12-13-23-21(5)24(17-20(4)26(22,23)7)25(6)16-14-19(3)18-27(25,28)15-9-2/h19-24H,8-18,28H2,1-7H3. The van der Waals surface area contributed by atoms with E-state index in [-0.39, 0.29) is 5.54 Å². The molecule has 3 rings (SSSR count). The molecule has 9 atom stereocenters. The average Bonchev–Trinajstić information content (AvgIpc) is 2.98. The van der Waals surface area contributed by atoms with E-state index in [0.717, 1.165) is 35.5 Å². The molecular weight excluding hydrogens is 338 g/mol. The van der Waals surface area contributed by atoms with Gasteiger partial charge in [0.05, 0.1) is 0 Å². The number of rotatable bonds is 6. The molecule has 0 radical (unpaired) electrons. The summed E-state index contributed by atoms with van der Waals surface area (Å²) in [5.74, 6) is 5.19. The number of nitrogens with two attached hydrogens (primary N) is 1. The summed E-state index contributed by atoms with van der Waals surface area (Å²) in [6, 6.07) is 0. The first kappa shape index (κ1) is 22.6. The minimum Gasteiger partial charge on any atom is -0.325 e. The molecule has 3 saturated carbocycles. The van der Waals surface area contributed by atoms with Crippen molar-refractivity contribution < 1.29 is 0 Å². The highest BCUT2D eigenvalue weighted by Crippen LogP contribution is 2.67. The molecule has 28 heavy (non-hydrogen) atoms. The van der Waals surface area contributed by atoms with Crippen LogP contribution in [-0.4, -0.2) is 5.54 Å². The van der Waals surface area contributed by atoms with Gasteiger partial charge in [0.2, 0.25) is 0 Å². The Morgan fingerprint density at radius 3 is 2.29 bits per heavy atom. The van der Waals surface area contributed by atoms with E-state index < -0.39 is 0 Å². The molecule has 1 heteroatoms. The molecule has 0 saturated heterocycles. The lowest BCUT2D eigenvalue weighted by Gasteiger charge is -2.62. The van der Waals surface area contributed by atoms with E-state index in [4.69, 9.17) is 5.73 Å². The lowest BCUT2D eigenvalue weighted by atomic mass is 9.44. The molecule has 164 valence electrons. The van der Waals surface area contributed by atoms with Crippen molar-refractivity contribution in [3.05, 3.63) is 0 Å². The maximum atomic E-state index is 7.34. The number of fused-ring (bicyclic) bond motifs is 1. The molecule has 0 aliphatic heterocycles. The Labute approximate surface area is 177 Å². The molecule has 2 N–H and O–H groups in total. The summed E-state index contributed by atoms with van der Waals surface area (Å²) in [6.07, 6.45) is 15.1. The van der Waals surface area contributed by atoms with Gasteiger partial charge in [0.1, 0.15) is 0 Å². The average molecular weight is 390 g/mol. The van der Waals surface area contributed by atoms with Crippen molar-refractivity contribution in [3.8, 4) is 0 Å². The van der Waals surface area contributed by atoms with Gasteiger partial charge in [-0.15, -0.1) is 0 Å². The first-order valence-electron chi connectivity index (χ1n) is 12.9. The molecule has 9 unspecified atom stereocenters. The minimum absolute atomic E-state index is 0.0476. The van der Waals surface area contributed by atoms with Crippen molar-refractivity contribution in [1.29, 1.82) is 0 Å². The Morgan fingerprint density at radius 1 is 0.929 bits per heavy atom. The van der Waals surface area contributed by atoms with Crippen molar-refractivity contribution >= 4 is 0 Å². The fourth-order valence-electron chi connectivity index (χ4n) is 8.92. The summed E-state index contributed by atoms with van der Waals surface area (Å²) in [5.41, 5.74) is 8.29. The highest BCUT2D eigenvalue weighted by Gasteiger charge is 2.61. The predicted octanol–water partition coefficient (Wildman–Crippen LogP) is 7.83. The van der Waals surface area contributed by atoms with Gasteiger partial charge < -0.3 is 5.73 Å². The lowest BCUT2D eigenvalue weighted by molar-refractivity contribution is -0.114. The zero-order valence-corrected chi connectivity index (χ0v) is 20.3. The monoisotopic (exact) mass is 389 g/mol. The maximum Gasteiger partial charge on any atom is 0.0213 e. The Hall–Kier alpha value is -0.0400. The first-order valence-corrected chi connectivity index (χ1v) is 12.9. The van der Waals surface area contributed by atoms with E-state index in [1.165, 1.54) is 70.6 Å². The van der Waals surface area contributed by atoms with Crippen molar-refractivity contribution in [3.63, 3.8) is 0 Å². The summed E-state index contributed by atoms with van der Waals surface area (Å²) in [4.78, 5) is 0. The van der Waals surface area contributed by atoms with Crippen LogP contribution in [0.5, 0.6) is 0 Å². The fraction of sp³-hybridized carbons (Fsp3) is 1.00. The summed E-state index contributed by atoms with van der Waals surface area (Å²) >= 11 is 0. The smallest absolute Gasteiger partial charge is 0.0213 e. The second kappa shape index (κ2) is 8.24. The molecule has 3 fully saturated rings. The number of hydrogen-bond donors (Lipinski definition) is 1. The highest BCUT2D eigenvalue weighted by atomic mass is 14.8. The van der Waals surface area contributed by atoms with Gasteiger partial charge in [0.15, 0.2) is 0 Å². The van der Waals surface area contributed by atoms with Crippen LogP contribution in [0.25, 0.3) is 0 Å². The van der Waals surface area contributed by atoms with Gasteiger partial charge in [-0.2, -0.15) is 0 Å². The third-order valence-electron chi connectivity index (χ3n) is 10.9. The topological polar surface area (TPSA) is 26.0 Å². The van der Waals surface area contributed by atoms with Crippen LogP contribution in [0.4, 0.5) is 0 Å². The van der Waals surface area contributed by atoms with Crippen LogP contribution in [-0.2, 0) is 0 Å². The van der Waals surface area contributed by atoms with E-state index >= 15 is 0 Å². The Kier molecular flexibility index (Phi) is 6.66. The molecule has 0 bridgehead atoms. The van der Waals surface area contributed by atoms with E-state index in [1.54, 1.807) is 0 Å². The summed E-state index contributed by atoms with van der Waals surface area (Å²) in [5, 5.41) is 0. The van der Waals surface area contributed by atoms with E-state index in [0.29, 0.717) is 10.8 Å². The number of unbranched alkanes of at least 4 members (excludes halogenated alkanes) is 1. The molecular formula is C27H51N. The first-order chi connectivity index (χ1) is 13.1. The number of hydrogen-bond acceptors (Lipinski definition) is 1. The lowest BCUT2D eigenvalue weighted by Crippen LogP contribution is -2.63. The normalized spacial score (nSPS) is 51.9. The van der Waals surface area contributed by atoms with Gasteiger partial charge in [0.25, 0.3) is 0 Å². The fourth-order valence-corrected chi connectivity index (χ4v) is 8.92. The summed E-state index contributed by atoms with van der Waals surface area (Å²) in [7, 11) is 0. The van der Waals surface area contributed by atoms with Crippen LogP contribution in [0.2, 0.25) is 0 Å². The zero-order chi connectivity index (χ0) is 20.7. The van der Waals surface area contributed by atoms with Crippen LogP contribution >= 0.6 is 0 Å². The second-order valence-electron chi connectivity index (χ2n) is 12.2. The molecule has 0 heterocycles. The largest absolute Gasteiger partial charge is 0.325 e. The van der Waals surface area contributed by atoms with Crippen LogP contribution in [0.15, 0.2) is 0 Å². The van der Waals surface area contributed by atoms with Gasteiger partial charge >= 0.3 is 0 Å². The zero-order valence-electron chi connectivity index (χ0n) is 20.3. The quantitative estimate of drug-likeness (QED) is 0.492. The summed E-state index contributed by atoms with van der Waals surface area (Å²) in [6.45, 7) is 17.7. The van der Waals surface area contributed by atoms with Crippen LogP contribution in [0.1, 0.15) is 119 Å². The molecule has 0 aromatic carbocycles. The molecule has 1 nitrogen and oxygen atoms in total. The SMILES string of the molecule is CCCCC1CCC2C(C)C(C3(C)CCC(C)CC3(N)CCC)CC(C)C12C. The van der Waals surface area contributed by atoms with E-state index in [9.17, 15) is 0 Å². The molecule has 3 aliphatic rings. The molecule has 0 aromatic rings. The molecule has 0 spiro atoms. The van der Waals surface area contributed by atoms with Crippen LogP contribution in [0, 0.1) is 46.3 Å². The van der Waals surface area contributed by atoms with Crippen LogP contribution in [0.3, 0.4) is 0 Å². The van der Waals surface area contributed by atoms with E-state index in [2.05, 4.69) is 48.5 Å². The minimum atomic E-state index is 0.0476. The molecule has 3 aliphatic carbocycles. The third kappa shape index (κ3) is 3.40. The molecule has 0 aromatic heterocycles. The van der Waals surface area contributed by atoms with Crippen molar-refractivity contribution in [1.82, 2.24) is 0 Å².